The van der Waals surface area contributed by atoms with E-state index in [4.69, 9.17) is 0 Å². The molecule has 0 fully saturated rings. The van der Waals surface area contributed by atoms with Crippen LogP contribution in [0.3, 0.4) is 0 Å². The standard InChI is InChI=1S/C13H26O2/c1-4-6-7-8-9-10-11-12(5-2)13(3,14)15/h5,12,14-15H,2,4,6-11H2,1,3H3. The fraction of sp³-hybridized carbons (Fsp3) is 0.846. The molecule has 0 saturated carbocycles. The van der Waals surface area contributed by atoms with Crippen LogP contribution in [0.25, 0.3) is 0 Å². The smallest absolute Gasteiger partial charge is 0.165 e. The Balaban J connectivity index is 3.52. The van der Waals surface area contributed by atoms with Crippen molar-refractivity contribution in [3.05, 3.63) is 12.7 Å². The SMILES string of the molecule is C=CC(CCCCCCCC)C(C)(O)O. The monoisotopic (exact) mass is 214 g/mol. The highest BCUT2D eigenvalue weighted by molar-refractivity contribution is 4.86. The Bertz CT molecular complexity index is 158. The van der Waals surface area contributed by atoms with Crippen molar-refractivity contribution in [2.75, 3.05) is 0 Å². The van der Waals surface area contributed by atoms with Gasteiger partial charge in [-0.3, -0.25) is 0 Å². The van der Waals surface area contributed by atoms with Gasteiger partial charge < -0.3 is 10.2 Å². The Morgan fingerprint density at radius 2 is 1.67 bits per heavy atom. The maximum absolute atomic E-state index is 9.40. The second kappa shape index (κ2) is 7.89. The maximum Gasteiger partial charge on any atom is 0.165 e. The van der Waals surface area contributed by atoms with Crippen LogP contribution in [-0.2, 0) is 0 Å². The second-order valence-electron chi connectivity index (χ2n) is 4.49. The van der Waals surface area contributed by atoms with Crippen molar-refractivity contribution in [2.24, 2.45) is 5.92 Å². The minimum Gasteiger partial charge on any atom is -0.365 e. The van der Waals surface area contributed by atoms with Crippen molar-refractivity contribution in [1.82, 2.24) is 0 Å². The fourth-order valence-corrected chi connectivity index (χ4v) is 1.76. The summed E-state index contributed by atoms with van der Waals surface area (Å²) in [5.74, 6) is -1.81. The Kier molecular flexibility index (Phi) is 7.71. The summed E-state index contributed by atoms with van der Waals surface area (Å²) in [4.78, 5) is 0. The average Bonchev–Trinajstić information content (AvgIpc) is 2.15. The Labute approximate surface area is 94.0 Å². The molecule has 0 aromatic carbocycles. The highest BCUT2D eigenvalue weighted by atomic mass is 16.5. The molecular formula is C13H26O2. The van der Waals surface area contributed by atoms with Crippen molar-refractivity contribution in [3.63, 3.8) is 0 Å². The molecule has 15 heavy (non-hydrogen) atoms. The van der Waals surface area contributed by atoms with Crippen molar-refractivity contribution in [3.8, 4) is 0 Å². The normalized spacial score (nSPS) is 13.9. The lowest BCUT2D eigenvalue weighted by atomic mass is 9.93. The van der Waals surface area contributed by atoms with Gasteiger partial charge in [0.25, 0.3) is 0 Å². The molecule has 90 valence electrons. The molecule has 0 spiro atoms. The summed E-state index contributed by atoms with van der Waals surface area (Å²) in [6.07, 6.45) is 9.82. The highest BCUT2D eigenvalue weighted by Crippen LogP contribution is 2.22. The number of aliphatic hydroxyl groups is 2. The molecule has 0 aliphatic heterocycles. The van der Waals surface area contributed by atoms with Gasteiger partial charge in [0, 0.05) is 5.92 Å². The van der Waals surface area contributed by atoms with Crippen LogP contribution in [0.2, 0.25) is 0 Å². The van der Waals surface area contributed by atoms with Crippen molar-refractivity contribution in [2.45, 2.75) is 64.6 Å². The lowest BCUT2D eigenvalue weighted by molar-refractivity contribution is -0.174. The zero-order valence-electron chi connectivity index (χ0n) is 10.2. The predicted molar refractivity (Wildman–Crippen MR) is 64.5 cm³/mol. The number of unbranched alkanes of at least 4 members (excludes halogenated alkanes) is 5. The van der Waals surface area contributed by atoms with Gasteiger partial charge in [0.05, 0.1) is 0 Å². The van der Waals surface area contributed by atoms with Crippen LogP contribution in [0.5, 0.6) is 0 Å². The average molecular weight is 214 g/mol. The van der Waals surface area contributed by atoms with E-state index in [0.29, 0.717) is 0 Å². The first kappa shape index (κ1) is 14.7. The molecular weight excluding hydrogens is 188 g/mol. The quantitative estimate of drug-likeness (QED) is 0.351. The molecule has 0 bridgehead atoms. The topological polar surface area (TPSA) is 40.5 Å². The molecule has 0 radical (unpaired) electrons. The third-order valence-electron chi connectivity index (χ3n) is 2.86. The van der Waals surface area contributed by atoms with E-state index in [9.17, 15) is 10.2 Å². The first-order chi connectivity index (χ1) is 7.02. The summed E-state index contributed by atoms with van der Waals surface area (Å²) in [5, 5.41) is 18.8. The zero-order valence-corrected chi connectivity index (χ0v) is 10.2. The van der Waals surface area contributed by atoms with Crippen molar-refractivity contribution in [1.29, 1.82) is 0 Å². The van der Waals surface area contributed by atoms with Crippen molar-refractivity contribution >= 4 is 0 Å². The van der Waals surface area contributed by atoms with Crippen LogP contribution in [0, 0.1) is 5.92 Å². The lowest BCUT2D eigenvalue weighted by Gasteiger charge is -2.24. The summed E-state index contributed by atoms with van der Waals surface area (Å²) < 4.78 is 0. The first-order valence-corrected chi connectivity index (χ1v) is 6.09. The number of hydrogen-bond donors (Lipinski definition) is 2. The minimum atomic E-state index is -1.61. The van der Waals surface area contributed by atoms with E-state index >= 15 is 0 Å². The molecule has 0 saturated heterocycles. The molecule has 2 heteroatoms. The van der Waals surface area contributed by atoms with Gasteiger partial charge in [-0.2, -0.15) is 0 Å². The van der Waals surface area contributed by atoms with Crippen LogP contribution in [0.4, 0.5) is 0 Å². The summed E-state index contributed by atoms with van der Waals surface area (Å²) in [5.41, 5.74) is 0. The molecule has 0 aromatic heterocycles. The van der Waals surface area contributed by atoms with Crippen LogP contribution in [0.15, 0.2) is 12.7 Å². The molecule has 0 aliphatic rings. The predicted octanol–water partition coefficient (Wildman–Crippen LogP) is 3.24. The van der Waals surface area contributed by atoms with E-state index < -0.39 is 5.79 Å². The second-order valence-corrected chi connectivity index (χ2v) is 4.49. The molecule has 1 unspecified atom stereocenters. The minimum absolute atomic E-state index is 0.205. The zero-order chi connectivity index (χ0) is 11.7. The van der Waals surface area contributed by atoms with Gasteiger partial charge in [0.2, 0.25) is 0 Å². The first-order valence-electron chi connectivity index (χ1n) is 6.09. The largest absolute Gasteiger partial charge is 0.365 e. The third kappa shape index (κ3) is 7.57. The summed E-state index contributed by atoms with van der Waals surface area (Å²) in [6, 6.07) is 0. The van der Waals surface area contributed by atoms with Crippen LogP contribution in [0.1, 0.15) is 58.8 Å². The van der Waals surface area contributed by atoms with Crippen LogP contribution in [-0.4, -0.2) is 16.0 Å². The van der Waals surface area contributed by atoms with E-state index in [-0.39, 0.29) is 5.92 Å². The molecule has 2 N–H and O–H groups in total. The highest BCUT2D eigenvalue weighted by Gasteiger charge is 2.25. The molecule has 0 aliphatic carbocycles. The Hall–Kier alpha value is -0.340. The molecule has 2 nitrogen and oxygen atoms in total. The lowest BCUT2D eigenvalue weighted by Crippen LogP contribution is -2.32. The maximum atomic E-state index is 9.40. The molecule has 0 amide bonds. The molecule has 0 rings (SSSR count). The summed E-state index contributed by atoms with van der Waals surface area (Å²) >= 11 is 0. The summed E-state index contributed by atoms with van der Waals surface area (Å²) in [7, 11) is 0. The fourth-order valence-electron chi connectivity index (χ4n) is 1.76. The van der Waals surface area contributed by atoms with Gasteiger partial charge in [0.1, 0.15) is 0 Å². The van der Waals surface area contributed by atoms with Crippen LogP contribution < -0.4 is 0 Å². The van der Waals surface area contributed by atoms with Gasteiger partial charge in [-0.1, -0.05) is 51.5 Å². The summed E-state index contributed by atoms with van der Waals surface area (Å²) in [6.45, 7) is 7.27. The van der Waals surface area contributed by atoms with E-state index in [1.165, 1.54) is 39.0 Å². The number of hydrogen-bond acceptors (Lipinski definition) is 2. The van der Waals surface area contributed by atoms with Gasteiger partial charge in [-0.15, -0.1) is 6.58 Å². The van der Waals surface area contributed by atoms with E-state index in [1.54, 1.807) is 6.08 Å². The van der Waals surface area contributed by atoms with Crippen LogP contribution >= 0.6 is 0 Å². The van der Waals surface area contributed by atoms with Gasteiger partial charge in [-0.25, -0.2) is 0 Å². The van der Waals surface area contributed by atoms with Gasteiger partial charge in [0.15, 0.2) is 5.79 Å². The van der Waals surface area contributed by atoms with E-state index in [0.717, 1.165) is 12.8 Å². The third-order valence-corrected chi connectivity index (χ3v) is 2.86. The molecule has 1 atom stereocenters. The molecule has 0 aromatic rings. The van der Waals surface area contributed by atoms with Gasteiger partial charge in [-0.05, 0) is 13.3 Å². The van der Waals surface area contributed by atoms with E-state index in [1.807, 2.05) is 0 Å². The van der Waals surface area contributed by atoms with Crippen molar-refractivity contribution < 1.29 is 10.2 Å². The Morgan fingerprint density at radius 3 is 2.13 bits per heavy atom. The number of rotatable bonds is 9. The Morgan fingerprint density at radius 1 is 1.13 bits per heavy atom. The van der Waals surface area contributed by atoms with Gasteiger partial charge >= 0.3 is 0 Å². The van der Waals surface area contributed by atoms with E-state index in [2.05, 4.69) is 13.5 Å². The molecule has 0 heterocycles.